The second-order valence-electron chi connectivity index (χ2n) is 2.70. The van der Waals surface area contributed by atoms with Crippen LogP contribution in [0, 0.1) is 0 Å². The number of hydrogen-bond acceptors (Lipinski definition) is 4. The van der Waals surface area contributed by atoms with Crippen molar-refractivity contribution < 1.29 is 9.53 Å². The van der Waals surface area contributed by atoms with Crippen LogP contribution in [-0.4, -0.2) is 41.1 Å². The van der Waals surface area contributed by atoms with Crippen LogP contribution in [0.25, 0.3) is 0 Å². The molecule has 1 amide bonds. The van der Waals surface area contributed by atoms with Crippen LogP contribution in [0.5, 0.6) is 0 Å². The molecule has 2 bridgehead atoms. The number of likely N-dealkylation sites (N-methyl/N-ethyl adjacent to an activating group) is 1. The average molecular weight is 202 g/mol. The standard InChI is InChI=1S/C4H7NO2.C2H3N3S/c1-5-2-3-7-4(5)6;1-2-3-5(1)4-6-2/h2-3H2,1H3;1,3-4H. The molecule has 6 nitrogen and oxygen atoms in total. The van der Waals surface area contributed by atoms with Crippen molar-refractivity contribution in [3.8, 4) is 0 Å². The Bertz CT molecular complexity index is 281. The smallest absolute Gasteiger partial charge is 0.409 e. The fourth-order valence-corrected chi connectivity index (χ4v) is 1.50. The largest absolute Gasteiger partial charge is 0.448 e. The van der Waals surface area contributed by atoms with Gasteiger partial charge in [-0.2, -0.15) is 4.79 Å². The fourth-order valence-electron chi connectivity index (χ4n) is 0.899. The van der Waals surface area contributed by atoms with Crippen LogP contribution in [0.1, 0.15) is 0 Å². The molecule has 4 heterocycles. The summed E-state index contributed by atoms with van der Waals surface area (Å²) in [6, 6.07) is 0. The first-order valence-corrected chi connectivity index (χ1v) is 4.65. The number of rotatable bonds is 0. The number of nitrogens with zero attached hydrogens (tertiary/aromatic N) is 2. The molecule has 7 heteroatoms. The first kappa shape index (κ1) is 8.36. The molecule has 0 unspecified atom stereocenters. The van der Waals surface area contributed by atoms with Gasteiger partial charge in [0.25, 0.3) is 0 Å². The molecule has 0 aromatic carbocycles. The van der Waals surface area contributed by atoms with E-state index in [-0.39, 0.29) is 6.09 Å². The maximum atomic E-state index is 10.3. The van der Waals surface area contributed by atoms with Crippen LogP contribution >= 0.6 is 11.9 Å². The van der Waals surface area contributed by atoms with Crippen LogP contribution < -0.4 is 4.83 Å². The summed E-state index contributed by atoms with van der Waals surface area (Å²) < 4.78 is 4.55. The first-order valence-electron chi connectivity index (χ1n) is 3.84. The van der Waals surface area contributed by atoms with Gasteiger partial charge in [-0.05, 0) is 0 Å². The predicted octanol–water partition coefficient (Wildman–Crippen LogP) is 0.449. The molecular weight excluding hydrogens is 192 g/mol. The monoisotopic (exact) mass is 202 g/mol. The summed E-state index contributed by atoms with van der Waals surface area (Å²) in [7, 11) is 1.72. The van der Waals surface area contributed by atoms with Gasteiger partial charge >= 0.3 is 6.09 Å². The van der Waals surface area contributed by atoms with Crippen LogP contribution in [0.15, 0.2) is 11.2 Å². The van der Waals surface area contributed by atoms with E-state index in [1.165, 1.54) is 5.03 Å². The number of cyclic esters (lactones) is 1. The second-order valence-corrected chi connectivity index (χ2v) is 3.53. The fraction of sp³-hybridized carbons (Fsp3) is 0.500. The maximum Gasteiger partial charge on any atom is 0.409 e. The van der Waals surface area contributed by atoms with Crippen molar-refractivity contribution >= 4 is 18.0 Å². The number of ether oxygens (including phenoxy) is 1. The van der Waals surface area contributed by atoms with E-state index in [4.69, 9.17) is 0 Å². The van der Waals surface area contributed by atoms with E-state index < -0.39 is 0 Å². The molecule has 1 fully saturated rings. The van der Waals surface area contributed by atoms with E-state index >= 15 is 0 Å². The zero-order chi connectivity index (χ0) is 9.26. The van der Waals surface area contributed by atoms with Gasteiger partial charge in [-0.1, -0.05) is 0 Å². The number of nitrogens with one attached hydrogen (secondary N) is 2. The van der Waals surface area contributed by atoms with Crippen molar-refractivity contribution in [2.45, 2.75) is 5.03 Å². The molecule has 0 radical (unpaired) electrons. The summed E-state index contributed by atoms with van der Waals surface area (Å²) in [4.78, 5) is 16.6. The van der Waals surface area contributed by atoms with Gasteiger partial charge in [0.15, 0.2) is 0 Å². The van der Waals surface area contributed by atoms with Crippen molar-refractivity contribution in [1.29, 1.82) is 0 Å². The van der Waals surface area contributed by atoms with Crippen LogP contribution in [0.3, 0.4) is 0 Å². The molecule has 0 saturated carbocycles. The normalized spacial score (nSPS) is 17.9. The van der Waals surface area contributed by atoms with Crippen molar-refractivity contribution in [3.05, 3.63) is 6.20 Å². The van der Waals surface area contributed by atoms with E-state index in [1.807, 2.05) is 6.20 Å². The number of aromatic amines is 1. The van der Waals surface area contributed by atoms with Crippen LogP contribution in [0.2, 0.25) is 0 Å². The van der Waals surface area contributed by atoms with Crippen LogP contribution in [-0.2, 0) is 4.74 Å². The van der Waals surface area contributed by atoms with Gasteiger partial charge in [-0.25, -0.2) is 9.63 Å². The lowest BCUT2D eigenvalue weighted by Gasteiger charge is -1.98. The maximum absolute atomic E-state index is 10.3. The minimum Gasteiger partial charge on any atom is -0.448 e. The zero-order valence-corrected chi connectivity index (χ0v) is 7.93. The molecule has 0 aliphatic carbocycles. The molecule has 1 aromatic heterocycles. The number of H-pyrrole nitrogens is 1. The number of amides is 1. The van der Waals surface area contributed by atoms with Gasteiger partial charge in [0.05, 0.1) is 12.7 Å². The minimum atomic E-state index is -0.208. The lowest BCUT2D eigenvalue weighted by atomic mass is 10.7. The Balaban J connectivity index is 0.000000101. The molecule has 1 saturated heterocycles. The van der Waals surface area contributed by atoms with E-state index in [0.717, 1.165) is 6.54 Å². The van der Waals surface area contributed by atoms with E-state index in [2.05, 4.69) is 14.7 Å². The zero-order valence-electron chi connectivity index (χ0n) is 7.11. The molecule has 3 aliphatic rings. The van der Waals surface area contributed by atoms with Crippen molar-refractivity contribution in [2.24, 2.45) is 0 Å². The Hall–Kier alpha value is -1.24. The van der Waals surface area contributed by atoms with Gasteiger partial charge in [-0.15, -0.1) is 0 Å². The highest BCUT2D eigenvalue weighted by atomic mass is 32.2. The summed E-state index contributed by atoms with van der Waals surface area (Å²) >= 11 is 1.60. The highest BCUT2D eigenvalue weighted by molar-refractivity contribution is 8.00. The SMILES string of the molecule is CN1CCOC1=O.c1c2[nH]n1NS2. The summed E-state index contributed by atoms with van der Waals surface area (Å²) in [5.74, 6) is 0. The van der Waals surface area contributed by atoms with E-state index in [0.29, 0.717) is 6.61 Å². The topological polar surface area (TPSA) is 62.3 Å². The lowest BCUT2D eigenvalue weighted by molar-refractivity contribution is 0.163. The molecule has 4 rings (SSSR count). The Morgan fingerprint density at radius 1 is 1.69 bits per heavy atom. The molecular formula is C6H10N4O2S. The summed E-state index contributed by atoms with van der Waals surface area (Å²) in [5, 5.41) is 4.17. The number of aromatic nitrogens is 2. The number of fused-ring (bicyclic) bond motifs is 1. The molecule has 0 spiro atoms. The van der Waals surface area contributed by atoms with Gasteiger partial charge in [0, 0.05) is 19.0 Å². The Morgan fingerprint density at radius 2 is 2.46 bits per heavy atom. The average Bonchev–Trinajstić information content (AvgIpc) is 2.67. The van der Waals surface area contributed by atoms with Crippen molar-refractivity contribution in [1.82, 2.24) is 14.8 Å². The molecule has 3 aliphatic heterocycles. The Kier molecular flexibility index (Phi) is 2.09. The quantitative estimate of drug-likeness (QED) is 0.599. The second kappa shape index (κ2) is 3.25. The Labute approximate surface area is 79.3 Å². The van der Waals surface area contributed by atoms with E-state index in [9.17, 15) is 4.79 Å². The number of carbonyl (C=O) groups is 1. The van der Waals surface area contributed by atoms with E-state index in [1.54, 1.807) is 28.7 Å². The molecule has 0 atom stereocenters. The van der Waals surface area contributed by atoms with Crippen molar-refractivity contribution in [3.63, 3.8) is 0 Å². The third-order valence-corrected chi connectivity index (χ3v) is 2.40. The third-order valence-electron chi connectivity index (χ3n) is 1.69. The van der Waals surface area contributed by atoms with Gasteiger partial charge in [0.2, 0.25) is 0 Å². The number of carbonyl (C=O) groups excluding carboxylic acids is 1. The summed E-state index contributed by atoms with van der Waals surface area (Å²) in [6.07, 6.45) is 1.78. The van der Waals surface area contributed by atoms with Gasteiger partial charge < -0.3 is 9.64 Å². The third kappa shape index (κ3) is 1.74. The van der Waals surface area contributed by atoms with Gasteiger partial charge in [0.1, 0.15) is 11.6 Å². The summed E-state index contributed by atoms with van der Waals surface area (Å²) in [5.41, 5.74) is 0. The van der Waals surface area contributed by atoms with Gasteiger partial charge in [-0.3, -0.25) is 5.10 Å². The number of hydrogen-bond donors (Lipinski definition) is 2. The Morgan fingerprint density at radius 3 is 2.62 bits per heavy atom. The van der Waals surface area contributed by atoms with Crippen molar-refractivity contribution in [2.75, 3.05) is 25.0 Å². The lowest BCUT2D eigenvalue weighted by Crippen LogP contribution is -2.17. The summed E-state index contributed by atoms with van der Waals surface area (Å²) in [6.45, 7) is 1.29. The highest BCUT2D eigenvalue weighted by Crippen LogP contribution is 2.20. The molecule has 72 valence electrons. The minimum absolute atomic E-state index is 0.208. The predicted molar refractivity (Wildman–Crippen MR) is 48.0 cm³/mol. The molecule has 2 N–H and O–H groups in total. The molecule has 1 aromatic rings. The molecule has 13 heavy (non-hydrogen) atoms. The van der Waals surface area contributed by atoms with Crippen LogP contribution in [0.4, 0.5) is 4.79 Å². The highest BCUT2D eigenvalue weighted by Gasteiger charge is 2.15. The first-order chi connectivity index (χ1) is 6.25.